The van der Waals surface area contributed by atoms with E-state index in [9.17, 15) is 9.90 Å². The molecule has 0 bridgehead atoms. The zero-order valence-corrected chi connectivity index (χ0v) is 12.5. The van der Waals surface area contributed by atoms with Gasteiger partial charge in [0.15, 0.2) is 0 Å². The minimum atomic E-state index is -0.561. The standard InChI is InChI=1S/C16H31NO2/c1-3-4-5-6-7-8-9-10-11-12-13-15(14(2)18)16(17)19/h15,18H,2-13H2,1H3,(H2,17,19). The quantitative estimate of drug-likeness (QED) is 0.383. The number of aliphatic hydroxyl groups is 1. The molecule has 0 heterocycles. The number of carbonyl (C=O) groups is 1. The fourth-order valence-electron chi connectivity index (χ4n) is 2.31. The van der Waals surface area contributed by atoms with E-state index >= 15 is 0 Å². The van der Waals surface area contributed by atoms with E-state index in [0.29, 0.717) is 6.42 Å². The molecule has 1 unspecified atom stereocenters. The van der Waals surface area contributed by atoms with Crippen molar-refractivity contribution in [3.8, 4) is 0 Å². The number of rotatable bonds is 13. The summed E-state index contributed by atoms with van der Waals surface area (Å²) in [6.07, 6.45) is 13.2. The van der Waals surface area contributed by atoms with Gasteiger partial charge in [-0.2, -0.15) is 0 Å². The number of hydrogen-bond donors (Lipinski definition) is 2. The maximum atomic E-state index is 11.0. The fraction of sp³-hybridized carbons (Fsp3) is 0.812. The van der Waals surface area contributed by atoms with Crippen LogP contribution in [0.25, 0.3) is 0 Å². The fourth-order valence-corrected chi connectivity index (χ4v) is 2.31. The molecule has 1 atom stereocenters. The van der Waals surface area contributed by atoms with Crippen molar-refractivity contribution in [3.63, 3.8) is 0 Å². The van der Waals surface area contributed by atoms with E-state index in [2.05, 4.69) is 13.5 Å². The number of carbonyl (C=O) groups excluding carboxylic acids is 1. The van der Waals surface area contributed by atoms with Gasteiger partial charge in [-0.05, 0) is 6.42 Å². The molecule has 0 rings (SSSR count). The van der Waals surface area contributed by atoms with Gasteiger partial charge in [0.2, 0.25) is 5.91 Å². The van der Waals surface area contributed by atoms with Gasteiger partial charge in [-0.15, -0.1) is 0 Å². The predicted molar refractivity (Wildman–Crippen MR) is 80.9 cm³/mol. The van der Waals surface area contributed by atoms with E-state index in [0.717, 1.165) is 12.8 Å². The average molecular weight is 269 g/mol. The molecule has 0 fully saturated rings. The van der Waals surface area contributed by atoms with Gasteiger partial charge >= 0.3 is 0 Å². The molecule has 1 amide bonds. The minimum Gasteiger partial charge on any atom is -0.512 e. The van der Waals surface area contributed by atoms with E-state index in [1.807, 2.05) is 0 Å². The van der Waals surface area contributed by atoms with E-state index in [-0.39, 0.29) is 5.76 Å². The number of primary amides is 1. The average Bonchev–Trinajstić information content (AvgIpc) is 2.35. The highest BCUT2D eigenvalue weighted by Crippen LogP contribution is 2.17. The molecule has 0 aliphatic carbocycles. The molecule has 0 saturated carbocycles. The lowest BCUT2D eigenvalue weighted by Gasteiger charge is -2.11. The van der Waals surface area contributed by atoms with Gasteiger partial charge in [0.05, 0.1) is 11.7 Å². The Morgan fingerprint density at radius 2 is 1.42 bits per heavy atom. The van der Waals surface area contributed by atoms with Gasteiger partial charge in [0, 0.05) is 0 Å². The van der Waals surface area contributed by atoms with Crippen molar-refractivity contribution < 1.29 is 9.90 Å². The van der Waals surface area contributed by atoms with E-state index in [1.54, 1.807) is 0 Å². The molecule has 3 heteroatoms. The maximum absolute atomic E-state index is 11.0. The molecule has 0 aromatic carbocycles. The highest BCUT2D eigenvalue weighted by molar-refractivity contribution is 5.78. The summed E-state index contributed by atoms with van der Waals surface area (Å²) < 4.78 is 0. The number of hydrogen-bond acceptors (Lipinski definition) is 2. The van der Waals surface area contributed by atoms with Gasteiger partial charge in [0.25, 0.3) is 0 Å². The molecule has 0 aromatic rings. The topological polar surface area (TPSA) is 63.3 Å². The Labute approximate surface area is 118 Å². The summed E-state index contributed by atoms with van der Waals surface area (Å²) in [5, 5.41) is 9.23. The van der Waals surface area contributed by atoms with Gasteiger partial charge in [-0.25, -0.2) is 0 Å². The summed E-state index contributed by atoms with van der Waals surface area (Å²) in [5.41, 5.74) is 5.20. The molecule has 19 heavy (non-hydrogen) atoms. The molecule has 0 radical (unpaired) electrons. The van der Waals surface area contributed by atoms with Gasteiger partial charge in [-0.1, -0.05) is 77.7 Å². The van der Waals surface area contributed by atoms with Crippen LogP contribution in [0.5, 0.6) is 0 Å². The zero-order chi connectivity index (χ0) is 14.5. The summed E-state index contributed by atoms with van der Waals surface area (Å²) >= 11 is 0. The smallest absolute Gasteiger partial charge is 0.228 e. The van der Waals surface area contributed by atoms with Crippen LogP contribution in [-0.2, 0) is 4.79 Å². The third-order valence-electron chi connectivity index (χ3n) is 3.59. The van der Waals surface area contributed by atoms with Crippen LogP contribution in [0.3, 0.4) is 0 Å². The van der Waals surface area contributed by atoms with Crippen molar-refractivity contribution in [3.05, 3.63) is 12.3 Å². The third kappa shape index (κ3) is 10.6. The highest BCUT2D eigenvalue weighted by atomic mass is 16.3. The van der Waals surface area contributed by atoms with Crippen LogP contribution in [0, 0.1) is 5.92 Å². The molecular formula is C16H31NO2. The lowest BCUT2D eigenvalue weighted by molar-refractivity contribution is -0.121. The third-order valence-corrected chi connectivity index (χ3v) is 3.59. The predicted octanol–water partition coefficient (Wildman–Crippen LogP) is 4.47. The first-order valence-electron chi connectivity index (χ1n) is 7.76. The van der Waals surface area contributed by atoms with Crippen LogP contribution in [-0.4, -0.2) is 11.0 Å². The lowest BCUT2D eigenvalue weighted by Crippen LogP contribution is -2.24. The van der Waals surface area contributed by atoms with Crippen molar-refractivity contribution in [2.24, 2.45) is 11.7 Å². The number of aliphatic hydroxyl groups excluding tert-OH is 1. The first kappa shape index (κ1) is 18.0. The monoisotopic (exact) mass is 269 g/mol. The van der Waals surface area contributed by atoms with Crippen LogP contribution in [0.2, 0.25) is 0 Å². The van der Waals surface area contributed by atoms with Crippen molar-refractivity contribution in [1.82, 2.24) is 0 Å². The molecule has 0 saturated heterocycles. The van der Waals surface area contributed by atoms with E-state index in [1.165, 1.54) is 51.4 Å². The van der Waals surface area contributed by atoms with E-state index in [4.69, 9.17) is 5.73 Å². The van der Waals surface area contributed by atoms with Crippen LogP contribution < -0.4 is 5.73 Å². The molecule has 3 nitrogen and oxygen atoms in total. The summed E-state index contributed by atoms with van der Waals surface area (Å²) in [4.78, 5) is 11.0. The maximum Gasteiger partial charge on any atom is 0.228 e. The molecule has 0 aliphatic heterocycles. The Morgan fingerprint density at radius 1 is 1.00 bits per heavy atom. The van der Waals surface area contributed by atoms with Gasteiger partial charge in [-0.3, -0.25) is 4.79 Å². The second kappa shape index (κ2) is 12.1. The Bertz CT molecular complexity index is 237. The Kier molecular flexibility index (Phi) is 11.4. The van der Waals surface area contributed by atoms with Gasteiger partial charge < -0.3 is 10.8 Å². The SMILES string of the molecule is C=C(O)C(CCCCCCCCCCCC)C(N)=O. The molecule has 0 spiro atoms. The van der Waals surface area contributed by atoms with Crippen molar-refractivity contribution in [2.75, 3.05) is 0 Å². The highest BCUT2D eigenvalue weighted by Gasteiger charge is 2.17. The Morgan fingerprint density at radius 3 is 1.79 bits per heavy atom. The number of unbranched alkanes of at least 4 members (excludes halogenated alkanes) is 9. The molecule has 112 valence electrons. The van der Waals surface area contributed by atoms with Crippen LogP contribution >= 0.6 is 0 Å². The van der Waals surface area contributed by atoms with Crippen LogP contribution in [0.15, 0.2) is 12.3 Å². The van der Waals surface area contributed by atoms with Crippen molar-refractivity contribution in [1.29, 1.82) is 0 Å². The second-order valence-corrected chi connectivity index (χ2v) is 5.42. The first-order chi connectivity index (χ1) is 9.09. The Balaban J connectivity index is 3.35. The molecule has 0 aromatic heterocycles. The second-order valence-electron chi connectivity index (χ2n) is 5.42. The summed E-state index contributed by atoms with van der Waals surface area (Å²) in [6.45, 7) is 5.63. The summed E-state index contributed by atoms with van der Waals surface area (Å²) in [6, 6.07) is 0. The van der Waals surface area contributed by atoms with E-state index < -0.39 is 11.8 Å². The molecule has 0 aliphatic rings. The number of amides is 1. The van der Waals surface area contributed by atoms with Crippen molar-refractivity contribution in [2.45, 2.75) is 77.6 Å². The lowest BCUT2D eigenvalue weighted by atomic mass is 9.98. The summed E-state index contributed by atoms with van der Waals surface area (Å²) in [5.74, 6) is -1.12. The number of nitrogens with two attached hydrogens (primary N) is 1. The summed E-state index contributed by atoms with van der Waals surface area (Å²) in [7, 11) is 0. The van der Waals surface area contributed by atoms with Crippen LogP contribution in [0.1, 0.15) is 77.6 Å². The van der Waals surface area contributed by atoms with Crippen LogP contribution in [0.4, 0.5) is 0 Å². The van der Waals surface area contributed by atoms with Gasteiger partial charge in [0.1, 0.15) is 0 Å². The van der Waals surface area contributed by atoms with Crippen molar-refractivity contribution >= 4 is 5.91 Å². The molecular weight excluding hydrogens is 238 g/mol. The normalized spacial score (nSPS) is 12.3. The first-order valence-corrected chi connectivity index (χ1v) is 7.76. The Hall–Kier alpha value is -0.990. The molecule has 3 N–H and O–H groups in total. The largest absolute Gasteiger partial charge is 0.512 e. The minimum absolute atomic E-state index is 0.0941. The zero-order valence-electron chi connectivity index (χ0n) is 12.5.